The zero-order chi connectivity index (χ0) is 15.0. The van der Waals surface area contributed by atoms with Gasteiger partial charge in [-0.05, 0) is 48.9 Å². The summed E-state index contributed by atoms with van der Waals surface area (Å²) in [4.78, 5) is 4.27. The normalized spacial score (nSPS) is 10.8. The quantitative estimate of drug-likeness (QED) is 0.749. The molecule has 0 amide bonds. The first-order chi connectivity index (χ1) is 10.0. The van der Waals surface area contributed by atoms with E-state index < -0.39 is 0 Å². The van der Waals surface area contributed by atoms with Gasteiger partial charge >= 0.3 is 0 Å². The van der Waals surface area contributed by atoms with E-state index in [-0.39, 0.29) is 11.6 Å². The number of phenolic OH excluding ortho intramolecular Hbond substituents is 1. The summed E-state index contributed by atoms with van der Waals surface area (Å²) in [6.45, 7) is 1.78. The molecule has 0 radical (unpaired) electrons. The Kier molecular flexibility index (Phi) is 3.47. The number of benzene rings is 2. The minimum absolute atomic E-state index is 0.200. The number of aryl methyl sites for hydroxylation is 1. The fourth-order valence-corrected chi connectivity index (χ4v) is 2.33. The number of aromatic hydroxyl groups is 1. The minimum atomic E-state index is -0.375. The van der Waals surface area contributed by atoms with Crippen LogP contribution in [0.4, 0.5) is 4.39 Å². The number of rotatable bonds is 2. The standard InChI is InChI=1S/C15H10BrFN2O2/c1-8-6-9(2-5-13(8)20)15-18-14(19-21-15)11-7-10(17)3-4-12(11)16/h2-7,20H,1H3. The molecule has 0 atom stereocenters. The van der Waals surface area contributed by atoms with Gasteiger partial charge in [-0.2, -0.15) is 4.98 Å². The van der Waals surface area contributed by atoms with Crippen molar-refractivity contribution in [1.82, 2.24) is 10.1 Å². The molecule has 1 N–H and O–H groups in total. The van der Waals surface area contributed by atoms with Gasteiger partial charge in [0.2, 0.25) is 5.82 Å². The largest absolute Gasteiger partial charge is 0.508 e. The van der Waals surface area contributed by atoms with E-state index in [0.717, 1.165) is 0 Å². The summed E-state index contributed by atoms with van der Waals surface area (Å²) in [5.41, 5.74) is 1.91. The molecule has 6 heteroatoms. The van der Waals surface area contributed by atoms with Crippen molar-refractivity contribution in [3.8, 4) is 28.6 Å². The van der Waals surface area contributed by atoms with Crippen molar-refractivity contribution >= 4 is 15.9 Å². The third kappa shape index (κ3) is 2.67. The van der Waals surface area contributed by atoms with Crippen LogP contribution in [0.25, 0.3) is 22.8 Å². The highest BCUT2D eigenvalue weighted by atomic mass is 79.9. The van der Waals surface area contributed by atoms with Crippen LogP contribution < -0.4 is 0 Å². The van der Waals surface area contributed by atoms with Gasteiger partial charge in [0.1, 0.15) is 11.6 Å². The lowest BCUT2D eigenvalue weighted by molar-refractivity contribution is 0.432. The summed E-state index contributed by atoms with van der Waals surface area (Å²) >= 11 is 3.33. The summed E-state index contributed by atoms with van der Waals surface area (Å²) in [7, 11) is 0. The fourth-order valence-electron chi connectivity index (χ4n) is 1.91. The van der Waals surface area contributed by atoms with Crippen molar-refractivity contribution in [2.45, 2.75) is 6.92 Å². The molecule has 2 aromatic carbocycles. The van der Waals surface area contributed by atoms with E-state index in [0.29, 0.717) is 32.9 Å². The van der Waals surface area contributed by atoms with Crippen molar-refractivity contribution in [2.75, 3.05) is 0 Å². The van der Waals surface area contributed by atoms with Crippen LogP contribution in [0.3, 0.4) is 0 Å². The zero-order valence-corrected chi connectivity index (χ0v) is 12.6. The topological polar surface area (TPSA) is 59.2 Å². The number of hydrogen-bond donors (Lipinski definition) is 1. The maximum atomic E-state index is 13.3. The zero-order valence-electron chi connectivity index (χ0n) is 11.0. The second kappa shape index (κ2) is 5.29. The summed E-state index contributed by atoms with van der Waals surface area (Å²) in [6.07, 6.45) is 0. The summed E-state index contributed by atoms with van der Waals surface area (Å²) < 4.78 is 19.2. The molecule has 3 aromatic rings. The Morgan fingerprint density at radius 2 is 2.00 bits per heavy atom. The number of hydrogen-bond acceptors (Lipinski definition) is 4. The maximum absolute atomic E-state index is 13.3. The fraction of sp³-hybridized carbons (Fsp3) is 0.0667. The number of halogens is 2. The molecule has 0 aliphatic rings. The maximum Gasteiger partial charge on any atom is 0.258 e. The molecule has 0 saturated carbocycles. The van der Waals surface area contributed by atoms with Crippen LogP contribution in [-0.2, 0) is 0 Å². The Hall–Kier alpha value is -2.21. The van der Waals surface area contributed by atoms with Crippen LogP contribution in [0.1, 0.15) is 5.56 Å². The second-order valence-corrected chi connectivity index (χ2v) is 5.40. The highest BCUT2D eigenvalue weighted by Crippen LogP contribution is 2.30. The lowest BCUT2D eigenvalue weighted by atomic mass is 10.1. The van der Waals surface area contributed by atoms with Crippen molar-refractivity contribution in [1.29, 1.82) is 0 Å². The third-order valence-corrected chi connectivity index (χ3v) is 3.73. The average Bonchev–Trinajstić information content (AvgIpc) is 2.94. The molecule has 0 bridgehead atoms. The molecule has 4 nitrogen and oxygen atoms in total. The van der Waals surface area contributed by atoms with Crippen LogP contribution in [0.2, 0.25) is 0 Å². The van der Waals surface area contributed by atoms with Crippen molar-refractivity contribution in [3.63, 3.8) is 0 Å². The van der Waals surface area contributed by atoms with E-state index in [1.165, 1.54) is 12.1 Å². The molecular weight excluding hydrogens is 339 g/mol. The molecular formula is C15H10BrFN2O2. The molecule has 0 fully saturated rings. The third-order valence-electron chi connectivity index (χ3n) is 3.04. The van der Waals surface area contributed by atoms with Crippen molar-refractivity contribution < 1.29 is 14.0 Å². The van der Waals surface area contributed by atoms with Crippen LogP contribution in [0.5, 0.6) is 5.75 Å². The van der Waals surface area contributed by atoms with Gasteiger partial charge in [-0.3, -0.25) is 0 Å². The lowest BCUT2D eigenvalue weighted by Crippen LogP contribution is -1.85. The van der Waals surface area contributed by atoms with E-state index in [2.05, 4.69) is 26.1 Å². The van der Waals surface area contributed by atoms with Gasteiger partial charge in [0.05, 0.1) is 0 Å². The summed E-state index contributed by atoms with van der Waals surface area (Å²) in [5.74, 6) is 0.428. The average molecular weight is 349 g/mol. The van der Waals surface area contributed by atoms with E-state index in [4.69, 9.17) is 4.52 Å². The predicted octanol–water partition coefficient (Wildman–Crippen LogP) is 4.32. The minimum Gasteiger partial charge on any atom is -0.508 e. The van der Waals surface area contributed by atoms with Gasteiger partial charge in [-0.25, -0.2) is 4.39 Å². The first-order valence-corrected chi connectivity index (χ1v) is 6.93. The van der Waals surface area contributed by atoms with Crippen LogP contribution in [0, 0.1) is 12.7 Å². The lowest BCUT2D eigenvalue weighted by Gasteiger charge is -2.00. The van der Waals surface area contributed by atoms with E-state index in [1.807, 2.05) is 0 Å². The van der Waals surface area contributed by atoms with Crippen molar-refractivity contribution in [3.05, 3.63) is 52.3 Å². The van der Waals surface area contributed by atoms with Crippen molar-refractivity contribution in [2.24, 2.45) is 0 Å². The molecule has 1 heterocycles. The van der Waals surface area contributed by atoms with Gasteiger partial charge in [0.15, 0.2) is 0 Å². The molecule has 1 aromatic heterocycles. The predicted molar refractivity (Wildman–Crippen MR) is 79.2 cm³/mol. The molecule has 0 spiro atoms. The highest BCUT2D eigenvalue weighted by molar-refractivity contribution is 9.10. The van der Waals surface area contributed by atoms with E-state index in [9.17, 15) is 9.50 Å². The summed E-state index contributed by atoms with van der Waals surface area (Å²) in [6, 6.07) is 9.25. The van der Waals surface area contributed by atoms with Crippen LogP contribution in [0.15, 0.2) is 45.4 Å². The molecule has 0 aliphatic carbocycles. The smallest absolute Gasteiger partial charge is 0.258 e. The van der Waals surface area contributed by atoms with E-state index in [1.54, 1.807) is 31.2 Å². The summed E-state index contributed by atoms with van der Waals surface area (Å²) in [5, 5.41) is 13.4. The van der Waals surface area contributed by atoms with Gasteiger partial charge in [0.25, 0.3) is 5.89 Å². The first kappa shape index (κ1) is 13.8. The molecule has 21 heavy (non-hydrogen) atoms. The SMILES string of the molecule is Cc1cc(-c2nc(-c3cc(F)ccc3Br)no2)ccc1O. The molecule has 0 saturated heterocycles. The molecule has 106 valence electrons. The Bertz CT molecular complexity index is 817. The number of nitrogens with zero attached hydrogens (tertiary/aromatic N) is 2. The van der Waals surface area contributed by atoms with Gasteiger partial charge in [0, 0.05) is 15.6 Å². The van der Waals surface area contributed by atoms with Crippen LogP contribution in [-0.4, -0.2) is 15.2 Å². The highest BCUT2D eigenvalue weighted by Gasteiger charge is 2.14. The Labute approximate surface area is 128 Å². The monoisotopic (exact) mass is 348 g/mol. The van der Waals surface area contributed by atoms with Gasteiger partial charge in [-0.15, -0.1) is 0 Å². The van der Waals surface area contributed by atoms with Gasteiger partial charge in [-0.1, -0.05) is 21.1 Å². The number of aromatic nitrogens is 2. The van der Waals surface area contributed by atoms with Crippen LogP contribution >= 0.6 is 15.9 Å². The first-order valence-electron chi connectivity index (χ1n) is 6.14. The number of phenols is 1. The molecule has 0 aliphatic heterocycles. The second-order valence-electron chi connectivity index (χ2n) is 4.55. The molecule has 3 rings (SSSR count). The Morgan fingerprint density at radius 1 is 1.19 bits per heavy atom. The van der Waals surface area contributed by atoms with E-state index >= 15 is 0 Å². The Morgan fingerprint density at radius 3 is 2.76 bits per heavy atom. The molecule has 0 unspecified atom stereocenters. The van der Waals surface area contributed by atoms with Gasteiger partial charge < -0.3 is 9.63 Å². The Balaban J connectivity index is 2.03.